The van der Waals surface area contributed by atoms with Crippen molar-refractivity contribution < 1.29 is 4.79 Å². The van der Waals surface area contributed by atoms with E-state index in [0.29, 0.717) is 16.3 Å². The summed E-state index contributed by atoms with van der Waals surface area (Å²) in [5, 5.41) is 3.27. The van der Waals surface area contributed by atoms with Gasteiger partial charge in [-0.2, -0.15) is 0 Å². The number of halogens is 1. The first-order chi connectivity index (χ1) is 8.16. The molecule has 0 aliphatic carbocycles. The predicted molar refractivity (Wildman–Crippen MR) is 68.4 cm³/mol. The summed E-state index contributed by atoms with van der Waals surface area (Å²) in [4.78, 5) is 15.7. The second kappa shape index (κ2) is 4.97. The molecule has 0 saturated heterocycles. The van der Waals surface area contributed by atoms with Crippen molar-refractivity contribution in [3.8, 4) is 0 Å². The molecule has 0 atom stereocenters. The fourth-order valence-electron chi connectivity index (χ4n) is 1.41. The van der Waals surface area contributed by atoms with Crippen LogP contribution in [0.5, 0.6) is 0 Å². The largest absolute Gasteiger partial charge is 0.321 e. The van der Waals surface area contributed by atoms with Gasteiger partial charge in [-0.25, -0.2) is 0 Å². The van der Waals surface area contributed by atoms with Crippen LogP contribution in [0.2, 0.25) is 5.02 Å². The Balaban J connectivity index is 2.19. The van der Waals surface area contributed by atoms with Gasteiger partial charge in [0.05, 0.1) is 16.3 Å². The molecule has 1 heterocycles. The maximum atomic E-state index is 11.8. The van der Waals surface area contributed by atoms with Crippen molar-refractivity contribution in [2.45, 2.75) is 6.92 Å². The molecule has 0 spiro atoms. The number of rotatable bonds is 2. The quantitative estimate of drug-likeness (QED) is 0.884. The molecule has 1 N–H and O–H groups in total. The van der Waals surface area contributed by atoms with Crippen LogP contribution in [0.1, 0.15) is 15.9 Å². The maximum Gasteiger partial charge on any atom is 0.257 e. The van der Waals surface area contributed by atoms with Crippen molar-refractivity contribution >= 4 is 23.2 Å². The standard InChI is InChI=1S/C13H11ClN2O/c1-9-4-5-12(11(14)7-9)16-13(17)10-3-2-6-15-8-10/h2-8H,1H3,(H,16,17). The van der Waals surface area contributed by atoms with Gasteiger partial charge in [0.15, 0.2) is 0 Å². The minimum atomic E-state index is -0.219. The molecule has 86 valence electrons. The van der Waals surface area contributed by atoms with Gasteiger partial charge in [-0.05, 0) is 36.8 Å². The van der Waals surface area contributed by atoms with Crippen LogP contribution >= 0.6 is 11.6 Å². The SMILES string of the molecule is Cc1ccc(NC(=O)c2cccnc2)c(Cl)c1. The molecule has 1 aromatic heterocycles. The Morgan fingerprint density at radius 2 is 2.18 bits per heavy atom. The van der Waals surface area contributed by atoms with Crippen LogP contribution in [-0.2, 0) is 0 Å². The molecule has 2 aromatic rings. The Labute approximate surface area is 104 Å². The third-order valence-corrected chi connectivity index (χ3v) is 2.61. The van der Waals surface area contributed by atoms with Gasteiger partial charge in [0.1, 0.15) is 0 Å². The van der Waals surface area contributed by atoms with Gasteiger partial charge in [0, 0.05) is 12.4 Å². The third kappa shape index (κ3) is 2.82. The smallest absolute Gasteiger partial charge is 0.257 e. The Kier molecular flexibility index (Phi) is 3.40. The van der Waals surface area contributed by atoms with Crippen molar-refractivity contribution in [1.29, 1.82) is 0 Å². The molecule has 3 nitrogen and oxygen atoms in total. The lowest BCUT2D eigenvalue weighted by atomic mass is 10.2. The van der Waals surface area contributed by atoms with E-state index >= 15 is 0 Å². The Morgan fingerprint density at radius 1 is 1.35 bits per heavy atom. The van der Waals surface area contributed by atoms with Gasteiger partial charge in [-0.1, -0.05) is 17.7 Å². The summed E-state index contributed by atoms with van der Waals surface area (Å²) >= 11 is 6.03. The van der Waals surface area contributed by atoms with Crippen molar-refractivity contribution in [3.05, 3.63) is 58.9 Å². The number of nitrogens with one attached hydrogen (secondary N) is 1. The molecule has 0 aliphatic heterocycles. The first-order valence-electron chi connectivity index (χ1n) is 5.14. The van der Waals surface area contributed by atoms with E-state index in [4.69, 9.17) is 11.6 Å². The number of nitrogens with zero attached hydrogens (tertiary/aromatic N) is 1. The summed E-state index contributed by atoms with van der Waals surface area (Å²) in [6, 6.07) is 8.90. The van der Waals surface area contributed by atoms with Gasteiger partial charge in [0.2, 0.25) is 0 Å². The van der Waals surface area contributed by atoms with E-state index in [9.17, 15) is 4.79 Å². The monoisotopic (exact) mass is 246 g/mol. The molecule has 0 aliphatic rings. The number of benzene rings is 1. The summed E-state index contributed by atoms with van der Waals surface area (Å²) in [5.41, 5.74) is 2.16. The van der Waals surface area contributed by atoms with Crippen LogP contribution in [0.3, 0.4) is 0 Å². The second-order valence-electron chi connectivity index (χ2n) is 3.68. The zero-order valence-corrected chi connectivity index (χ0v) is 10.0. The van der Waals surface area contributed by atoms with Gasteiger partial charge >= 0.3 is 0 Å². The zero-order chi connectivity index (χ0) is 12.3. The Hall–Kier alpha value is -1.87. The van der Waals surface area contributed by atoms with Gasteiger partial charge < -0.3 is 5.32 Å². The number of anilines is 1. The molecule has 0 radical (unpaired) electrons. The number of pyridine rings is 1. The number of carbonyl (C=O) groups excluding carboxylic acids is 1. The van der Waals surface area contributed by atoms with E-state index in [1.165, 1.54) is 6.20 Å². The number of hydrogen-bond acceptors (Lipinski definition) is 2. The summed E-state index contributed by atoms with van der Waals surface area (Å²) < 4.78 is 0. The number of amides is 1. The molecule has 17 heavy (non-hydrogen) atoms. The summed E-state index contributed by atoms with van der Waals surface area (Å²) in [5.74, 6) is -0.219. The molecule has 2 rings (SSSR count). The average Bonchev–Trinajstić information content (AvgIpc) is 2.34. The summed E-state index contributed by atoms with van der Waals surface area (Å²) in [6.45, 7) is 1.94. The normalized spacial score (nSPS) is 10.0. The van der Waals surface area contributed by atoms with Gasteiger partial charge in [-0.15, -0.1) is 0 Å². The third-order valence-electron chi connectivity index (χ3n) is 2.30. The predicted octanol–water partition coefficient (Wildman–Crippen LogP) is 3.30. The number of aromatic nitrogens is 1. The van der Waals surface area contributed by atoms with Crippen molar-refractivity contribution in [2.75, 3.05) is 5.32 Å². The van der Waals surface area contributed by atoms with Crippen LogP contribution in [-0.4, -0.2) is 10.9 Å². The number of carbonyl (C=O) groups is 1. The van der Waals surface area contributed by atoms with E-state index in [2.05, 4.69) is 10.3 Å². The van der Waals surface area contributed by atoms with E-state index in [1.807, 2.05) is 13.0 Å². The highest BCUT2D eigenvalue weighted by Crippen LogP contribution is 2.23. The van der Waals surface area contributed by atoms with Gasteiger partial charge in [-0.3, -0.25) is 9.78 Å². The highest BCUT2D eigenvalue weighted by Gasteiger charge is 2.07. The Morgan fingerprint density at radius 3 is 2.82 bits per heavy atom. The lowest BCUT2D eigenvalue weighted by Crippen LogP contribution is -2.12. The van der Waals surface area contributed by atoms with Crippen molar-refractivity contribution in [3.63, 3.8) is 0 Å². The highest BCUT2D eigenvalue weighted by molar-refractivity contribution is 6.34. The molecule has 1 amide bonds. The first kappa shape index (κ1) is 11.6. The second-order valence-corrected chi connectivity index (χ2v) is 4.09. The molecular formula is C13H11ClN2O. The molecule has 0 fully saturated rings. The average molecular weight is 247 g/mol. The molecule has 0 unspecified atom stereocenters. The molecular weight excluding hydrogens is 236 g/mol. The van der Waals surface area contributed by atoms with Crippen LogP contribution in [0.25, 0.3) is 0 Å². The topological polar surface area (TPSA) is 42.0 Å². The highest BCUT2D eigenvalue weighted by atomic mass is 35.5. The van der Waals surface area contributed by atoms with Crippen LogP contribution in [0.4, 0.5) is 5.69 Å². The van der Waals surface area contributed by atoms with E-state index in [-0.39, 0.29) is 5.91 Å². The van der Waals surface area contributed by atoms with E-state index in [1.54, 1.807) is 30.5 Å². The van der Waals surface area contributed by atoms with Crippen LogP contribution in [0, 0.1) is 6.92 Å². The minimum absolute atomic E-state index is 0.219. The lowest BCUT2D eigenvalue weighted by Gasteiger charge is -2.07. The molecule has 0 saturated carbocycles. The van der Waals surface area contributed by atoms with Crippen LogP contribution < -0.4 is 5.32 Å². The first-order valence-corrected chi connectivity index (χ1v) is 5.52. The van der Waals surface area contributed by atoms with E-state index in [0.717, 1.165) is 5.56 Å². The fourth-order valence-corrected chi connectivity index (χ4v) is 1.70. The molecule has 4 heteroatoms. The fraction of sp³-hybridized carbons (Fsp3) is 0.0769. The summed E-state index contributed by atoms with van der Waals surface area (Å²) in [7, 11) is 0. The van der Waals surface area contributed by atoms with Gasteiger partial charge in [0.25, 0.3) is 5.91 Å². The lowest BCUT2D eigenvalue weighted by molar-refractivity contribution is 0.102. The molecule has 0 bridgehead atoms. The number of aryl methyl sites for hydroxylation is 1. The zero-order valence-electron chi connectivity index (χ0n) is 9.27. The van der Waals surface area contributed by atoms with Crippen LogP contribution in [0.15, 0.2) is 42.7 Å². The molecule has 1 aromatic carbocycles. The summed E-state index contributed by atoms with van der Waals surface area (Å²) in [6.07, 6.45) is 3.13. The van der Waals surface area contributed by atoms with E-state index < -0.39 is 0 Å². The maximum absolute atomic E-state index is 11.8. The van der Waals surface area contributed by atoms with Crippen molar-refractivity contribution in [1.82, 2.24) is 4.98 Å². The minimum Gasteiger partial charge on any atom is -0.321 e. The Bertz CT molecular complexity index is 540. The number of hydrogen-bond donors (Lipinski definition) is 1. The van der Waals surface area contributed by atoms with Crippen molar-refractivity contribution in [2.24, 2.45) is 0 Å².